The van der Waals surface area contributed by atoms with E-state index >= 15 is 0 Å². The van der Waals surface area contributed by atoms with E-state index in [4.69, 9.17) is 5.73 Å². The number of thiazole rings is 1. The van der Waals surface area contributed by atoms with Gasteiger partial charge in [0.05, 0.1) is 22.5 Å². The monoisotopic (exact) mass is 311 g/mol. The molecule has 1 aromatic heterocycles. The first-order chi connectivity index (χ1) is 9.51. The molecular weight excluding hydrogens is 301 g/mol. The standard InChI is InChI=1S/C12H10FN3O2S2/c13-9-3-5-11(6-4-9)20(17,18)16-12-15-8-10(19-12)2-1-7-14/h3-6,8H,7,14H2,(H,15,16). The summed E-state index contributed by atoms with van der Waals surface area (Å²) in [5.74, 6) is 4.90. The molecule has 0 spiro atoms. The number of nitrogens with one attached hydrogen (secondary N) is 1. The maximum Gasteiger partial charge on any atom is 0.263 e. The summed E-state index contributed by atoms with van der Waals surface area (Å²) in [4.78, 5) is 4.47. The number of hydrogen-bond acceptors (Lipinski definition) is 5. The highest BCUT2D eigenvalue weighted by Crippen LogP contribution is 2.21. The van der Waals surface area contributed by atoms with Crippen LogP contribution >= 0.6 is 11.3 Å². The second-order valence-electron chi connectivity index (χ2n) is 3.59. The van der Waals surface area contributed by atoms with Crippen molar-refractivity contribution in [2.24, 2.45) is 5.73 Å². The number of sulfonamides is 1. The predicted molar refractivity (Wildman–Crippen MR) is 75.3 cm³/mol. The lowest BCUT2D eigenvalue weighted by atomic mass is 10.4. The van der Waals surface area contributed by atoms with Crippen LogP contribution < -0.4 is 10.5 Å². The van der Waals surface area contributed by atoms with E-state index < -0.39 is 15.8 Å². The van der Waals surface area contributed by atoms with Gasteiger partial charge in [0.2, 0.25) is 0 Å². The lowest BCUT2D eigenvalue weighted by molar-refractivity contribution is 0.599. The summed E-state index contributed by atoms with van der Waals surface area (Å²) in [5.41, 5.74) is 5.24. The molecule has 1 aromatic carbocycles. The van der Waals surface area contributed by atoms with Crippen molar-refractivity contribution >= 4 is 26.5 Å². The number of benzene rings is 1. The van der Waals surface area contributed by atoms with Gasteiger partial charge in [-0.3, -0.25) is 4.72 Å². The van der Waals surface area contributed by atoms with E-state index in [2.05, 4.69) is 21.5 Å². The summed E-state index contributed by atoms with van der Waals surface area (Å²) in [6.45, 7) is 0.217. The van der Waals surface area contributed by atoms with Crippen LogP contribution in [0.15, 0.2) is 35.4 Å². The lowest BCUT2D eigenvalue weighted by Gasteiger charge is -2.04. The number of nitrogens with zero attached hydrogens (tertiary/aromatic N) is 1. The quantitative estimate of drug-likeness (QED) is 0.839. The normalized spacial score (nSPS) is 10.7. The third-order valence-electron chi connectivity index (χ3n) is 2.16. The van der Waals surface area contributed by atoms with Crippen LogP contribution in [-0.2, 0) is 10.0 Å². The number of hydrogen-bond donors (Lipinski definition) is 2. The average Bonchev–Trinajstić information content (AvgIpc) is 2.83. The molecule has 3 N–H and O–H groups in total. The second-order valence-corrected chi connectivity index (χ2v) is 6.31. The maximum absolute atomic E-state index is 12.8. The Morgan fingerprint density at radius 1 is 1.35 bits per heavy atom. The van der Waals surface area contributed by atoms with Crippen LogP contribution in [0.25, 0.3) is 0 Å². The molecule has 2 aromatic rings. The van der Waals surface area contributed by atoms with Gasteiger partial charge in [-0.1, -0.05) is 23.2 Å². The molecule has 0 aliphatic heterocycles. The zero-order valence-corrected chi connectivity index (χ0v) is 11.8. The first kappa shape index (κ1) is 14.5. The van der Waals surface area contributed by atoms with E-state index in [0.29, 0.717) is 4.88 Å². The van der Waals surface area contributed by atoms with Crippen LogP contribution in [0.2, 0.25) is 0 Å². The van der Waals surface area contributed by atoms with E-state index in [1.165, 1.54) is 18.3 Å². The van der Waals surface area contributed by atoms with Gasteiger partial charge in [0, 0.05) is 0 Å². The Morgan fingerprint density at radius 2 is 2.05 bits per heavy atom. The lowest BCUT2D eigenvalue weighted by Crippen LogP contribution is -2.12. The predicted octanol–water partition coefficient (Wildman–Crippen LogP) is 1.39. The summed E-state index contributed by atoms with van der Waals surface area (Å²) in [6, 6.07) is 4.52. The third-order valence-corrected chi connectivity index (χ3v) is 4.48. The SMILES string of the molecule is NCC#Cc1cnc(NS(=O)(=O)c2ccc(F)cc2)s1. The van der Waals surface area contributed by atoms with Crippen molar-refractivity contribution in [1.29, 1.82) is 0 Å². The van der Waals surface area contributed by atoms with Gasteiger partial charge in [0.25, 0.3) is 10.0 Å². The van der Waals surface area contributed by atoms with Crippen molar-refractivity contribution in [1.82, 2.24) is 4.98 Å². The van der Waals surface area contributed by atoms with Crippen LogP contribution in [-0.4, -0.2) is 19.9 Å². The van der Waals surface area contributed by atoms with Gasteiger partial charge in [0.1, 0.15) is 5.82 Å². The van der Waals surface area contributed by atoms with Crippen molar-refractivity contribution < 1.29 is 12.8 Å². The van der Waals surface area contributed by atoms with Crippen molar-refractivity contribution in [3.05, 3.63) is 41.2 Å². The Hall–Kier alpha value is -1.95. The van der Waals surface area contributed by atoms with Crippen LogP contribution in [0, 0.1) is 17.7 Å². The Kier molecular flexibility index (Phi) is 4.34. The number of rotatable bonds is 3. The van der Waals surface area contributed by atoms with E-state index in [0.717, 1.165) is 23.5 Å². The summed E-state index contributed by atoms with van der Waals surface area (Å²) >= 11 is 1.09. The zero-order chi connectivity index (χ0) is 14.6. The average molecular weight is 311 g/mol. The highest BCUT2D eigenvalue weighted by atomic mass is 32.2. The topological polar surface area (TPSA) is 85.1 Å². The van der Waals surface area contributed by atoms with Crippen molar-refractivity contribution in [3.8, 4) is 11.8 Å². The highest BCUT2D eigenvalue weighted by Gasteiger charge is 2.15. The Bertz CT molecular complexity index is 758. The Balaban J connectivity index is 2.20. The molecule has 104 valence electrons. The molecule has 0 radical (unpaired) electrons. The molecule has 8 heteroatoms. The molecule has 20 heavy (non-hydrogen) atoms. The third kappa shape index (κ3) is 3.54. The molecular formula is C12H10FN3O2S2. The van der Waals surface area contributed by atoms with Gasteiger partial charge in [-0.25, -0.2) is 17.8 Å². The van der Waals surface area contributed by atoms with Crippen LogP contribution in [0.3, 0.4) is 0 Å². The van der Waals surface area contributed by atoms with Crippen LogP contribution in [0.1, 0.15) is 4.88 Å². The van der Waals surface area contributed by atoms with Crippen LogP contribution in [0.5, 0.6) is 0 Å². The summed E-state index contributed by atoms with van der Waals surface area (Å²) in [6.07, 6.45) is 1.45. The fraction of sp³-hybridized carbons (Fsp3) is 0.0833. The second kappa shape index (κ2) is 6.00. The molecule has 0 unspecified atom stereocenters. The number of anilines is 1. The maximum atomic E-state index is 12.8. The van der Waals surface area contributed by atoms with Gasteiger partial charge in [-0.05, 0) is 24.3 Å². The summed E-state index contributed by atoms with van der Waals surface area (Å²) < 4.78 is 39.1. The number of aromatic nitrogens is 1. The largest absolute Gasteiger partial charge is 0.320 e. The van der Waals surface area contributed by atoms with Gasteiger partial charge >= 0.3 is 0 Å². The smallest absolute Gasteiger partial charge is 0.263 e. The molecule has 0 aliphatic carbocycles. The van der Waals surface area contributed by atoms with Gasteiger partial charge in [-0.15, -0.1) is 0 Å². The fourth-order valence-electron chi connectivity index (χ4n) is 1.30. The molecule has 0 amide bonds. The molecule has 0 fully saturated rings. The molecule has 2 rings (SSSR count). The molecule has 0 atom stereocenters. The van der Waals surface area contributed by atoms with E-state index in [9.17, 15) is 12.8 Å². The Morgan fingerprint density at radius 3 is 2.70 bits per heavy atom. The fourth-order valence-corrected chi connectivity index (χ4v) is 3.24. The minimum absolute atomic E-state index is 0.0382. The first-order valence-corrected chi connectivity index (χ1v) is 7.74. The number of halogens is 1. The molecule has 5 nitrogen and oxygen atoms in total. The highest BCUT2D eigenvalue weighted by molar-refractivity contribution is 7.93. The molecule has 0 saturated heterocycles. The molecule has 0 saturated carbocycles. The van der Waals surface area contributed by atoms with E-state index in [1.54, 1.807) is 0 Å². The minimum atomic E-state index is -3.78. The van der Waals surface area contributed by atoms with Crippen LogP contribution in [0.4, 0.5) is 9.52 Å². The molecule has 0 bridgehead atoms. The van der Waals surface area contributed by atoms with Gasteiger partial charge in [-0.2, -0.15) is 0 Å². The summed E-state index contributed by atoms with van der Waals surface area (Å²) in [7, 11) is -3.78. The molecule has 1 heterocycles. The molecule has 0 aliphatic rings. The van der Waals surface area contributed by atoms with Gasteiger partial charge in [0.15, 0.2) is 5.13 Å². The van der Waals surface area contributed by atoms with E-state index in [-0.39, 0.29) is 16.6 Å². The van der Waals surface area contributed by atoms with E-state index in [1.807, 2.05) is 0 Å². The van der Waals surface area contributed by atoms with Crippen molar-refractivity contribution in [2.45, 2.75) is 4.90 Å². The van der Waals surface area contributed by atoms with Gasteiger partial charge < -0.3 is 5.73 Å². The minimum Gasteiger partial charge on any atom is -0.320 e. The van der Waals surface area contributed by atoms with Crippen molar-refractivity contribution in [3.63, 3.8) is 0 Å². The van der Waals surface area contributed by atoms with Crippen molar-refractivity contribution in [2.75, 3.05) is 11.3 Å². The number of nitrogens with two attached hydrogens (primary N) is 1. The summed E-state index contributed by atoms with van der Waals surface area (Å²) in [5, 5.41) is 0.190. The Labute approximate surface area is 119 Å². The first-order valence-electron chi connectivity index (χ1n) is 5.44. The zero-order valence-electron chi connectivity index (χ0n) is 10.1.